The van der Waals surface area contributed by atoms with Crippen LogP contribution in [0.1, 0.15) is 34.3 Å². The molecule has 0 unspecified atom stereocenters. The van der Waals surface area contributed by atoms with Gasteiger partial charge in [0.15, 0.2) is 17.3 Å². The van der Waals surface area contributed by atoms with E-state index in [9.17, 15) is 24.0 Å². The molecule has 192 valence electrons. The molecule has 0 aliphatic rings. The molecule has 0 saturated heterocycles. The lowest BCUT2D eigenvalue weighted by atomic mass is 10.0. The molecule has 0 N–H and O–H groups in total. The fraction of sp³-hybridized carbons (Fsp3) is 0.233. The number of allylic oxidation sites excluding steroid dienone is 1. The molecule has 0 aromatic heterocycles. The molecule has 0 atom stereocenters. The Morgan fingerprint density at radius 1 is 0.676 bits per heavy atom. The van der Waals surface area contributed by atoms with Crippen LogP contribution in [0.5, 0.6) is 0 Å². The molecule has 0 fully saturated rings. The molecule has 0 radical (unpaired) electrons. The Morgan fingerprint density at radius 2 is 1.24 bits per heavy atom. The fourth-order valence-corrected chi connectivity index (χ4v) is 3.67. The highest BCUT2D eigenvalue weighted by Gasteiger charge is 2.18. The van der Waals surface area contributed by atoms with Crippen molar-refractivity contribution in [1.82, 2.24) is 9.80 Å². The van der Waals surface area contributed by atoms with E-state index < -0.39 is 5.91 Å². The van der Waals surface area contributed by atoms with Gasteiger partial charge in [0.2, 0.25) is 11.8 Å². The number of ketones is 3. The van der Waals surface area contributed by atoms with E-state index in [-0.39, 0.29) is 55.7 Å². The molecule has 37 heavy (non-hydrogen) atoms. The van der Waals surface area contributed by atoms with Gasteiger partial charge in [0.05, 0.1) is 6.54 Å². The smallest absolute Gasteiger partial charge is 0.246 e. The molecular weight excluding hydrogens is 468 g/mol. The first-order chi connectivity index (χ1) is 17.8. The van der Waals surface area contributed by atoms with Crippen molar-refractivity contribution in [3.63, 3.8) is 0 Å². The molecule has 2 amide bonds. The standard InChI is InChI=1S/C30H32N2O5/c1-4-26(33)13-10-18-31(28(35)5-2)19-20-32(29(36)6-3)22-27(34)21-23-14-16-25(17-15-23)30(37)24-11-8-7-9-12-24/h4-9,11-12,14-17H,1-3,10,13,18-22H2. The summed E-state index contributed by atoms with van der Waals surface area (Å²) in [4.78, 5) is 64.2. The van der Waals surface area contributed by atoms with Crippen LogP contribution < -0.4 is 0 Å². The topological polar surface area (TPSA) is 91.8 Å². The lowest BCUT2D eigenvalue weighted by molar-refractivity contribution is -0.133. The number of hydrogen-bond donors (Lipinski definition) is 0. The van der Waals surface area contributed by atoms with Crippen LogP contribution in [-0.2, 0) is 25.6 Å². The normalized spacial score (nSPS) is 10.2. The summed E-state index contributed by atoms with van der Waals surface area (Å²) < 4.78 is 0. The maximum Gasteiger partial charge on any atom is 0.246 e. The minimum absolute atomic E-state index is 0.0830. The van der Waals surface area contributed by atoms with Crippen molar-refractivity contribution >= 4 is 29.2 Å². The van der Waals surface area contributed by atoms with Crippen molar-refractivity contribution in [1.29, 1.82) is 0 Å². The van der Waals surface area contributed by atoms with Gasteiger partial charge >= 0.3 is 0 Å². The van der Waals surface area contributed by atoms with Gasteiger partial charge in [-0.3, -0.25) is 24.0 Å². The summed E-state index contributed by atoms with van der Waals surface area (Å²) in [6.45, 7) is 10.9. The predicted molar refractivity (Wildman–Crippen MR) is 143 cm³/mol. The number of Topliss-reactive ketones (excluding diaryl/α,β-unsaturated/α-hetero) is 1. The van der Waals surface area contributed by atoms with Gasteiger partial charge in [0.25, 0.3) is 0 Å². The summed E-state index contributed by atoms with van der Waals surface area (Å²) in [6, 6.07) is 15.7. The van der Waals surface area contributed by atoms with Crippen molar-refractivity contribution < 1.29 is 24.0 Å². The van der Waals surface area contributed by atoms with E-state index in [1.807, 2.05) is 6.07 Å². The molecule has 7 heteroatoms. The number of carbonyl (C=O) groups is 5. The Hall–Kier alpha value is -4.39. The van der Waals surface area contributed by atoms with Crippen LogP contribution in [0.3, 0.4) is 0 Å². The maximum absolute atomic E-state index is 12.8. The van der Waals surface area contributed by atoms with E-state index in [0.717, 1.165) is 11.6 Å². The molecule has 0 bridgehead atoms. The summed E-state index contributed by atoms with van der Waals surface area (Å²) in [5, 5.41) is 0. The second kappa shape index (κ2) is 14.9. The van der Waals surface area contributed by atoms with Gasteiger partial charge < -0.3 is 9.80 Å². The highest BCUT2D eigenvalue weighted by molar-refractivity contribution is 6.09. The Balaban J connectivity index is 1.98. The van der Waals surface area contributed by atoms with Gasteiger partial charge in [-0.15, -0.1) is 0 Å². The Morgan fingerprint density at radius 3 is 1.84 bits per heavy atom. The minimum Gasteiger partial charge on any atom is -0.337 e. The minimum atomic E-state index is -0.426. The summed E-state index contributed by atoms with van der Waals surface area (Å²) in [6.07, 6.45) is 4.33. The SMILES string of the molecule is C=CC(=O)CCCN(CCN(CC(=O)Cc1ccc(C(=O)c2ccccc2)cc1)C(=O)C=C)C(=O)C=C. The van der Waals surface area contributed by atoms with Crippen LogP contribution in [0.25, 0.3) is 0 Å². The fourth-order valence-electron chi connectivity index (χ4n) is 3.67. The second-order valence-corrected chi connectivity index (χ2v) is 8.37. The molecule has 0 saturated carbocycles. The summed E-state index contributed by atoms with van der Waals surface area (Å²) in [5.41, 5.74) is 1.82. The Bertz CT molecular complexity index is 1150. The highest BCUT2D eigenvalue weighted by atomic mass is 16.2. The molecule has 0 aliphatic carbocycles. The van der Waals surface area contributed by atoms with Crippen LogP contribution in [0.2, 0.25) is 0 Å². The average molecular weight is 501 g/mol. The van der Waals surface area contributed by atoms with Gasteiger partial charge in [-0.25, -0.2) is 0 Å². The molecular formula is C30H32N2O5. The third kappa shape index (κ3) is 9.29. The van der Waals surface area contributed by atoms with E-state index in [2.05, 4.69) is 19.7 Å². The lowest BCUT2D eigenvalue weighted by Gasteiger charge is -2.26. The monoisotopic (exact) mass is 500 g/mol. The Kier molecular flexibility index (Phi) is 11.6. The number of hydrogen-bond acceptors (Lipinski definition) is 5. The zero-order valence-electron chi connectivity index (χ0n) is 20.9. The van der Waals surface area contributed by atoms with Crippen LogP contribution in [-0.4, -0.2) is 65.1 Å². The van der Waals surface area contributed by atoms with Gasteiger partial charge in [-0.1, -0.05) is 74.3 Å². The summed E-state index contributed by atoms with van der Waals surface area (Å²) in [5.74, 6) is -1.17. The van der Waals surface area contributed by atoms with Crippen LogP contribution in [0, 0.1) is 0 Å². The van der Waals surface area contributed by atoms with E-state index in [0.29, 0.717) is 24.1 Å². The molecule has 2 aromatic carbocycles. The maximum atomic E-state index is 12.8. The molecule has 2 rings (SSSR count). The Labute approximate surface area is 217 Å². The lowest BCUT2D eigenvalue weighted by Crippen LogP contribution is -2.42. The molecule has 0 heterocycles. The van der Waals surface area contributed by atoms with E-state index in [4.69, 9.17) is 0 Å². The average Bonchev–Trinajstić information content (AvgIpc) is 2.93. The quantitative estimate of drug-likeness (QED) is 0.259. The van der Waals surface area contributed by atoms with Crippen LogP contribution in [0.4, 0.5) is 0 Å². The van der Waals surface area contributed by atoms with Gasteiger partial charge in [-0.2, -0.15) is 0 Å². The zero-order valence-corrected chi connectivity index (χ0v) is 20.9. The van der Waals surface area contributed by atoms with E-state index in [1.54, 1.807) is 48.5 Å². The first kappa shape index (κ1) is 28.8. The van der Waals surface area contributed by atoms with E-state index in [1.165, 1.54) is 22.0 Å². The number of amides is 2. The predicted octanol–water partition coefficient (Wildman–Crippen LogP) is 3.59. The first-order valence-electron chi connectivity index (χ1n) is 12.0. The van der Waals surface area contributed by atoms with Gasteiger partial charge in [0.1, 0.15) is 0 Å². The van der Waals surface area contributed by atoms with Crippen LogP contribution >= 0.6 is 0 Å². The van der Waals surface area contributed by atoms with Crippen molar-refractivity contribution in [3.05, 3.63) is 109 Å². The van der Waals surface area contributed by atoms with Crippen LogP contribution in [0.15, 0.2) is 92.6 Å². The molecule has 7 nitrogen and oxygen atoms in total. The first-order valence-corrected chi connectivity index (χ1v) is 12.0. The highest BCUT2D eigenvalue weighted by Crippen LogP contribution is 2.12. The molecule has 2 aromatic rings. The van der Waals surface area contributed by atoms with Gasteiger partial charge in [-0.05, 0) is 30.2 Å². The van der Waals surface area contributed by atoms with Crippen molar-refractivity contribution in [2.24, 2.45) is 0 Å². The number of benzene rings is 2. The van der Waals surface area contributed by atoms with Crippen molar-refractivity contribution in [2.75, 3.05) is 26.2 Å². The third-order valence-electron chi connectivity index (χ3n) is 5.71. The summed E-state index contributed by atoms with van der Waals surface area (Å²) in [7, 11) is 0. The third-order valence-corrected chi connectivity index (χ3v) is 5.71. The number of rotatable bonds is 16. The molecule has 0 aliphatic heterocycles. The zero-order chi connectivity index (χ0) is 27.2. The van der Waals surface area contributed by atoms with Crippen molar-refractivity contribution in [2.45, 2.75) is 19.3 Å². The number of nitrogens with zero attached hydrogens (tertiary/aromatic N) is 2. The second-order valence-electron chi connectivity index (χ2n) is 8.37. The van der Waals surface area contributed by atoms with Crippen molar-refractivity contribution in [3.8, 4) is 0 Å². The van der Waals surface area contributed by atoms with Gasteiger partial charge in [0, 0.05) is 43.6 Å². The number of carbonyl (C=O) groups excluding carboxylic acids is 5. The largest absolute Gasteiger partial charge is 0.337 e. The van der Waals surface area contributed by atoms with E-state index >= 15 is 0 Å². The summed E-state index contributed by atoms with van der Waals surface area (Å²) >= 11 is 0. The molecule has 0 spiro atoms.